The molecule has 10 heteroatoms. The normalized spacial score (nSPS) is 17.4. The molecule has 3 rings (SSSR count). The van der Waals surface area contributed by atoms with E-state index in [4.69, 9.17) is 21.1 Å². The van der Waals surface area contributed by atoms with Crippen LogP contribution in [-0.2, 0) is 9.47 Å². The summed E-state index contributed by atoms with van der Waals surface area (Å²) in [6, 6.07) is 2.67. The highest BCUT2D eigenvalue weighted by molar-refractivity contribution is 7.21. The van der Waals surface area contributed by atoms with Gasteiger partial charge in [-0.05, 0) is 60.6 Å². The van der Waals surface area contributed by atoms with Crippen molar-refractivity contribution < 1.29 is 23.9 Å². The average molecular weight is 468 g/mol. The van der Waals surface area contributed by atoms with Crippen LogP contribution in [0.25, 0.3) is 10.2 Å². The van der Waals surface area contributed by atoms with Crippen LogP contribution in [-0.4, -0.2) is 51.8 Å². The van der Waals surface area contributed by atoms with Gasteiger partial charge in [0.05, 0.1) is 23.0 Å². The summed E-state index contributed by atoms with van der Waals surface area (Å²) in [6.45, 7) is 12.1. The monoisotopic (exact) mass is 467 g/mol. The molecule has 168 valence electrons. The zero-order valence-electron chi connectivity index (χ0n) is 18.6. The van der Waals surface area contributed by atoms with Crippen LogP contribution >= 0.6 is 22.9 Å². The van der Waals surface area contributed by atoms with E-state index in [9.17, 15) is 14.4 Å². The fourth-order valence-electron chi connectivity index (χ4n) is 3.14. The molecule has 0 unspecified atom stereocenters. The Balaban J connectivity index is 2.17. The van der Waals surface area contributed by atoms with E-state index in [1.54, 1.807) is 60.6 Å². The topological polar surface area (TPSA) is 89.0 Å². The largest absolute Gasteiger partial charge is 0.443 e. The first-order valence-corrected chi connectivity index (χ1v) is 11.0. The number of imide groups is 1. The summed E-state index contributed by atoms with van der Waals surface area (Å²) in [5, 5.41) is 0.228. The van der Waals surface area contributed by atoms with Crippen LogP contribution in [0.15, 0.2) is 12.1 Å². The number of rotatable bonds is 0. The Labute approximate surface area is 190 Å². The molecule has 2 aromatic heterocycles. The van der Waals surface area contributed by atoms with Gasteiger partial charge < -0.3 is 9.47 Å². The molecule has 31 heavy (non-hydrogen) atoms. The first-order valence-electron chi connectivity index (χ1n) is 9.84. The molecule has 1 aliphatic rings. The quantitative estimate of drug-likeness (QED) is 0.477. The van der Waals surface area contributed by atoms with Gasteiger partial charge in [0.2, 0.25) is 0 Å². The van der Waals surface area contributed by atoms with Crippen molar-refractivity contribution in [2.24, 2.45) is 0 Å². The van der Waals surface area contributed by atoms with E-state index in [1.165, 1.54) is 4.90 Å². The zero-order valence-corrected chi connectivity index (χ0v) is 20.2. The smallest absolute Gasteiger partial charge is 0.417 e. The van der Waals surface area contributed by atoms with E-state index >= 15 is 0 Å². The molecule has 2 aromatic rings. The van der Waals surface area contributed by atoms with E-state index < -0.39 is 35.3 Å². The van der Waals surface area contributed by atoms with Crippen molar-refractivity contribution >= 4 is 56.9 Å². The number of pyridine rings is 1. The minimum atomic E-state index is -0.785. The van der Waals surface area contributed by atoms with Gasteiger partial charge >= 0.3 is 12.2 Å². The Morgan fingerprint density at radius 1 is 1.10 bits per heavy atom. The molecule has 1 atom stereocenters. The molecule has 8 nitrogen and oxygen atoms in total. The zero-order chi connectivity index (χ0) is 23.3. The third-order valence-corrected chi connectivity index (χ3v) is 5.58. The molecule has 0 saturated heterocycles. The van der Waals surface area contributed by atoms with Crippen molar-refractivity contribution in [2.45, 2.75) is 65.7 Å². The number of thiophene rings is 1. The Morgan fingerprint density at radius 2 is 1.68 bits per heavy atom. The number of ether oxygens (including phenoxy) is 2. The number of hydrogen-bond acceptors (Lipinski definition) is 7. The highest BCUT2D eigenvalue weighted by Gasteiger charge is 2.42. The molecule has 0 aromatic carbocycles. The van der Waals surface area contributed by atoms with Crippen LogP contribution in [0.1, 0.15) is 58.1 Å². The van der Waals surface area contributed by atoms with Crippen LogP contribution in [0.3, 0.4) is 0 Å². The molecule has 0 N–H and O–H groups in total. The van der Waals surface area contributed by atoms with E-state index in [1.807, 2.05) is 0 Å². The predicted octanol–water partition coefficient (Wildman–Crippen LogP) is 5.47. The molecular weight excluding hydrogens is 442 g/mol. The number of carbonyl (C=O) groups is 3. The van der Waals surface area contributed by atoms with Crippen LogP contribution in [0, 0.1) is 0 Å². The second-order valence-electron chi connectivity index (χ2n) is 9.36. The van der Waals surface area contributed by atoms with Gasteiger partial charge in [-0.15, -0.1) is 11.3 Å². The number of amides is 3. The van der Waals surface area contributed by atoms with E-state index in [2.05, 4.69) is 4.98 Å². The van der Waals surface area contributed by atoms with Crippen molar-refractivity contribution in [3.05, 3.63) is 22.2 Å². The SMILES string of the molecule is C[C@@H]1CN(C(=O)OC(C)(C)C)c2c(sc3ccc(Cl)nc23)C(=O)N1C(=O)OC(C)(C)C. The highest BCUT2D eigenvalue weighted by Crippen LogP contribution is 2.41. The van der Waals surface area contributed by atoms with Gasteiger partial charge in [0, 0.05) is 0 Å². The maximum Gasteiger partial charge on any atom is 0.417 e. The maximum absolute atomic E-state index is 13.5. The molecule has 0 radical (unpaired) electrons. The van der Waals surface area contributed by atoms with Crippen molar-refractivity contribution in [3.63, 3.8) is 0 Å². The molecule has 3 amide bonds. The number of halogens is 1. The maximum atomic E-state index is 13.5. The van der Waals surface area contributed by atoms with Gasteiger partial charge in [-0.25, -0.2) is 19.5 Å². The van der Waals surface area contributed by atoms with Gasteiger partial charge in [0.1, 0.15) is 26.7 Å². The van der Waals surface area contributed by atoms with Crippen LogP contribution in [0.5, 0.6) is 0 Å². The molecule has 0 aliphatic carbocycles. The van der Waals surface area contributed by atoms with E-state index in [-0.39, 0.29) is 16.6 Å². The first-order chi connectivity index (χ1) is 14.2. The Kier molecular flexibility index (Phi) is 5.96. The summed E-state index contributed by atoms with van der Waals surface area (Å²) in [5.41, 5.74) is -0.838. The number of anilines is 1. The van der Waals surface area contributed by atoms with Gasteiger partial charge in [-0.2, -0.15) is 0 Å². The predicted molar refractivity (Wildman–Crippen MR) is 120 cm³/mol. The first kappa shape index (κ1) is 23.3. The summed E-state index contributed by atoms with van der Waals surface area (Å²) >= 11 is 7.24. The molecule has 0 spiro atoms. The Bertz CT molecular complexity index is 1050. The van der Waals surface area contributed by atoms with Crippen molar-refractivity contribution in [1.82, 2.24) is 9.88 Å². The number of hydrogen-bond donors (Lipinski definition) is 0. The highest BCUT2D eigenvalue weighted by atomic mass is 35.5. The number of fused-ring (bicyclic) bond motifs is 3. The van der Waals surface area contributed by atoms with Crippen LogP contribution < -0.4 is 4.90 Å². The minimum Gasteiger partial charge on any atom is -0.443 e. The van der Waals surface area contributed by atoms with Gasteiger partial charge in [0.25, 0.3) is 5.91 Å². The van der Waals surface area contributed by atoms with Crippen LogP contribution in [0.2, 0.25) is 5.15 Å². The average Bonchev–Trinajstić information content (AvgIpc) is 2.89. The summed E-state index contributed by atoms with van der Waals surface area (Å²) in [6.07, 6.45) is -1.41. The van der Waals surface area contributed by atoms with Crippen molar-refractivity contribution in [3.8, 4) is 0 Å². The van der Waals surface area contributed by atoms with Gasteiger partial charge in [0.15, 0.2) is 0 Å². The van der Waals surface area contributed by atoms with E-state index in [0.29, 0.717) is 15.9 Å². The minimum absolute atomic E-state index is 0.0208. The molecule has 0 bridgehead atoms. The third-order valence-electron chi connectivity index (χ3n) is 4.25. The second kappa shape index (κ2) is 7.94. The number of nitrogens with zero attached hydrogens (tertiary/aromatic N) is 3. The third kappa shape index (κ3) is 4.93. The lowest BCUT2D eigenvalue weighted by Crippen LogP contribution is -2.49. The summed E-state index contributed by atoms with van der Waals surface area (Å²) in [7, 11) is 0. The lowest BCUT2D eigenvalue weighted by Gasteiger charge is -2.31. The number of carbonyl (C=O) groups excluding carboxylic acids is 3. The molecule has 3 heterocycles. The second-order valence-corrected chi connectivity index (χ2v) is 10.8. The summed E-state index contributed by atoms with van der Waals surface area (Å²) in [5.74, 6) is -0.554. The lowest BCUT2D eigenvalue weighted by molar-refractivity contribution is 0.0182. The molecule has 1 aliphatic heterocycles. The summed E-state index contributed by atoms with van der Waals surface area (Å²) < 4.78 is 11.7. The van der Waals surface area contributed by atoms with Crippen molar-refractivity contribution in [1.29, 1.82) is 0 Å². The fraction of sp³-hybridized carbons (Fsp3) is 0.524. The van der Waals surface area contributed by atoms with E-state index in [0.717, 1.165) is 16.2 Å². The fourth-order valence-corrected chi connectivity index (χ4v) is 4.37. The Morgan fingerprint density at radius 3 is 2.26 bits per heavy atom. The number of aromatic nitrogens is 1. The molecular formula is C21H26ClN3O5S. The standard InChI is InChI=1S/C21H26ClN3O5S/c1-11-10-24(18(27)29-20(2,3)4)15-14-12(8-9-13(22)23-14)31-16(15)17(26)25(11)19(28)30-21(5,6)7/h8-9,11H,10H2,1-7H3/t11-/m1/s1. The Hall–Kier alpha value is -2.39. The van der Waals surface area contributed by atoms with Gasteiger partial charge in [-0.3, -0.25) is 9.69 Å². The molecule has 0 saturated carbocycles. The van der Waals surface area contributed by atoms with Crippen LogP contribution in [0.4, 0.5) is 15.3 Å². The van der Waals surface area contributed by atoms with Gasteiger partial charge in [-0.1, -0.05) is 11.6 Å². The molecule has 0 fully saturated rings. The lowest BCUT2D eigenvalue weighted by atomic mass is 10.2. The van der Waals surface area contributed by atoms with Crippen molar-refractivity contribution in [2.75, 3.05) is 11.4 Å². The summed E-state index contributed by atoms with van der Waals surface area (Å²) in [4.78, 5) is 46.4.